The van der Waals surface area contributed by atoms with Crippen LogP contribution in [0.3, 0.4) is 0 Å². The van der Waals surface area contributed by atoms with Gasteiger partial charge in [-0.1, -0.05) is 35.5 Å². The van der Waals surface area contributed by atoms with E-state index < -0.39 is 0 Å². The van der Waals surface area contributed by atoms with E-state index in [0.717, 1.165) is 26.3 Å². The van der Waals surface area contributed by atoms with Crippen molar-refractivity contribution >= 4 is 29.0 Å². The third-order valence-corrected chi connectivity index (χ3v) is 4.04. The van der Waals surface area contributed by atoms with Crippen LogP contribution in [0, 0.1) is 0 Å². The lowest BCUT2D eigenvalue weighted by Crippen LogP contribution is -2.01. The van der Waals surface area contributed by atoms with Gasteiger partial charge in [0.2, 0.25) is 0 Å². The lowest BCUT2D eigenvalue weighted by molar-refractivity contribution is 0.921. The molecule has 1 aromatic carbocycles. The van der Waals surface area contributed by atoms with Gasteiger partial charge in [0, 0.05) is 22.7 Å². The standard InChI is InChI=1S/C14H12ClN3S/c15-10-4-3-5-11(8-10)19-14-12(9-16)18-7-2-1-6-13(18)17-14/h1-8H,9,16H2. The Bertz CT molecular complexity index is 724. The molecule has 0 spiro atoms. The van der Waals surface area contributed by atoms with Crippen LogP contribution in [-0.4, -0.2) is 9.38 Å². The van der Waals surface area contributed by atoms with Crippen LogP contribution in [0.15, 0.2) is 58.6 Å². The van der Waals surface area contributed by atoms with E-state index >= 15 is 0 Å². The van der Waals surface area contributed by atoms with Crippen LogP contribution in [0.1, 0.15) is 5.69 Å². The van der Waals surface area contributed by atoms with Gasteiger partial charge >= 0.3 is 0 Å². The number of nitrogens with zero attached hydrogens (tertiary/aromatic N) is 2. The molecule has 19 heavy (non-hydrogen) atoms. The molecule has 0 amide bonds. The zero-order valence-electron chi connectivity index (χ0n) is 10.1. The van der Waals surface area contributed by atoms with Crippen molar-refractivity contribution in [2.75, 3.05) is 0 Å². The summed E-state index contributed by atoms with van der Waals surface area (Å²) in [6.45, 7) is 0.452. The first-order chi connectivity index (χ1) is 9.28. The Hall–Kier alpha value is -1.49. The number of hydrogen-bond donors (Lipinski definition) is 1. The van der Waals surface area contributed by atoms with Crippen LogP contribution in [0.4, 0.5) is 0 Å². The second kappa shape index (κ2) is 5.25. The van der Waals surface area contributed by atoms with Gasteiger partial charge in [-0.2, -0.15) is 0 Å². The molecule has 0 fully saturated rings. The maximum atomic E-state index is 6.00. The van der Waals surface area contributed by atoms with Crippen molar-refractivity contribution in [1.82, 2.24) is 9.38 Å². The van der Waals surface area contributed by atoms with Crippen LogP contribution in [0.2, 0.25) is 5.02 Å². The number of rotatable bonds is 3. The Morgan fingerprint density at radius 1 is 1.21 bits per heavy atom. The van der Waals surface area contributed by atoms with E-state index in [1.807, 2.05) is 53.1 Å². The second-order valence-corrected chi connectivity index (χ2v) is 5.55. The number of benzene rings is 1. The van der Waals surface area contributed by atoms with Gasteiger partial charge in [-0.3, -0.25) is 0 Å². The molecule has 0 radical (unpaired) electrons. The van der Waals surface area contributed by atoms with Crippen molar-refractivity contribution in [3.8, 4) is 0 Å². The molecule has 5 heteroatoms. The first kappa shape index (κ1) is 12.5. The Morgan fingerprint density at radius 3 is 2.89 bits per heavy atom. The van der Waals surface area contributed by atoms with E-state index in [-0.39, 0.29) is 0 Å². The largest absolute Gasteiger partial charge is 0.325 e. The number of fused-ring (bicyclic) bond motifs is 1. The molecule has 0 aliphatic rings. The first-order valence-electron chi connectivity index (χ1n) is 5.87. The fourth-order valence-electron chi connectivity index (χ4n) is 1.93. The van der Waals surface area contributed by atoms with E-state index in [2.05, 4.69) is 4.98 Å². The Balaban J connectivity index is 2.05. The van der Waals surface area contributed by atoms with Crippen molar-refractivity contribution in [1.29, 1.82) is 0 Å². The van der Waals surface area contributed by atoms with E-state index in [0.29, 0.717) is 6.54 Å². The summed E-state index contributed by atoms with van der Waals surface area (Å²) in [5.74, 6) is 0. The average Bonchev–Trinajstić information content (AvgIpc) is 2.75. The molecule has 2 N–H and O–H groups in total. The molecule has 96 valence electrons. The zero-order chi connectivity index (χ0) is 13.2. The summed E-state index contributed by atoms with van der Waals surface area (Å²) in [5.41, 5.74) is 7.77. The molecular weight excluding hydrogens is 278 g/mol. The van der Waals surface area contributed by atoms with Gasteiger partial charge in [0.15, 0.2) is 0 Å². The molecule has 0 aliphatic heterocycles. The van der Waals surface area contributed by atoms with Crippen LogP contribution in [0.5, 0.6) is 0 Å². The normalized spacial score (nSPS) is 11.1. The number of nitrogens with two attached hydrogens (primary N) is 1. The Labute approximate surface area is 120 Å². The zero-order valence-corrected chi connectivity index (χ0v) is 11.7. The number of aromatic nitrogens is 2. The van der Waals surface area contributed by atoms with Crippen LogP contribution in [-0.2, 0) is 6.54 Å². The molecular formula is C14H12ClN3S. The van der Waals surface area contributed by atoms with Crippen molar-refractivity contribution in [3.05, 3.63) is 59.4 Å². The monoisotopic (exact) mass is 289 g/mol. The summed E-state index contributed by atoms with van der Waals surface area (Å²) in [5, 5.41) is 1.65. The second-order valence-electron chi connectivity index (χ2n) is 4.06. The molecule has 0 bridgehead atoms. The predicted molar refractivity (Wildman–Crippen MR) is 78.7 cm³/mol. The summed E-state index contributed by atoms with van der Waals surface area (Å²) >= 11 is 7.58. The minimum atomic E-state index is 0.452. The fraction of sp³-hybridized carbons (Fsp3) is 0.0714. The third-order valence-electron chi connectivity index (χ3n) is 2.80. The minimum absolute atomic E-state index is 0.452. The highest BCUT2D eigenvalue weighted by molar-refractivity contribution is 7.99. The third kappa shape index (κ3) is 2.47. The van der Waals surface area contributed by atoms with E-state index in [9.17, 15) is 0 Å². The molecule has 0 saturated carbocycles. The molecule has 2 heterocycles. The van der Waals surface area contributed by atoms with Gasteiger partial charge < -0.3 is 10.1 Å². The highest BCUT2D eigenvalue weighted by Gasteiger charge is 2.11. The molecule has 2 aromatic heterocycles. The van der Waals surface area contributed by atoms with E-state index in [1.54, 1.807) is 11.8 Å². The average molecular weight is 290 g/mol. The Morgan fingerprint density at radius 2 is 2.11 bits per heavy atom. The first-order valence-corrected chi connectivity index (χ1v) is 7.07. The quantitative estimate of drug-likeness (QED) is 0.801. The molecule has 0 atom stereocenters. The SMILES string of the molecule is NCc1c(Sc2cccc(Cl)c2)nc2ccccn12. The van der Waals surface area contributed by atoms with Crippen LogP contribution in [0.25, 0.3) is 5.65 Å². The van der Waals surface area contributed by atoms with E-state index in [1.165, 1.54) is 0 Å². The summed E-state index contributed by atoms with van der Waals surface area (Å²) in [7, 11) is 0. The Kier molecular flexibility index (Phi) is 3.46. The summed E-state index contributed by atoms with van der Waals surface area (Å²) < 4.78 is 2.02. The van der Waals surface area contributed by atoms with Gasteiger partial charge in [0.1, 0.15) is 10.7 Å². The molecule has 3 aromatic rings. The minimum Gasteiger partial charge on any atom is -0.325 e. The number of hydrogen-bond acceptors (Lipinski definition) is 3. The van der Waals surface area contributed by atoms with Crippen LogP contribution >= 0.6 is 23.4 Å². The summed E-state index contributed by atoms with van der Waals surface area (Å²) in [6.07, 6.45) is 1.98. The molecule has 0 aliphatic carbocycles. The number of imidazole rings is 1. The highest BCUT2D eigenvalue weighted by Crippen LogP contribution is 2.31. The van der Waals surface area contributed by atoms with Crippen molar-refractivity contribution < 1.29 is 0 Å². The highest BCUT2D eigenvalue weighted by atomic mass is 35.5. The van der Waals surface area contributed by atoms with Crippen molar-refractivity contribution in [2.45, 2.75) is 16.5 Å². The van der Waals surface area contributed by atoms with Crippen LogP contribution < -0.4 is 5.73 Å². The molecule has 0 saturated heterocycles. The van der Waals surface area contributed by atoms with Gasteiger partial charge in [-0.25, -0.2) is 4.98 Å². The number of halogens is 1. The summed E-state index contributed by atoms with van der Waals surface area (Å²) in [4.78, 5) is 5.67. The molecule has 0 unspecified atom stereocenters. The topological polar surface area (TPSA) is 43.3 Å². The predicted octanol–water partition coefficient (Wildman–Crippen LogP) is 3.60. The van der Waals surface area contributed by atoms with E-state index in [4.69, 9.17) is 17.3 Å². The fourth-order valence-corrected chi connectivity index (χ4v) is 3.18. The lowest BCUT2D eigenvalue weighted by Gasteiger charge is -2.02. The van der Waals surface area contributed by atoms with Crippen molar-refractivity contribution in [2.24, 2.45) is 5.73 Å². The van der Waals surface area contributed by atoms with Gasteiger partial charge in [0.05, 0.1) is 5.69 Å². The summed E-state index contributed by atoms with van der Waals surface area (Å²) in [6, 6.07) is 13.7. The number of pyridine rings is 1. The maximum Gasteiger partial charge on any atom is 0.138 e. The van der Waals surface area contributed by atoms with Crippen molar-refractivity contribution in [3.63, 3.8) is 0 Å². The van der Waals surface area contributed by atoms with Gasteiger partial charge in [-0.15, -0.1) is 0 Å². The lowest BCUT2D eigenvalue weighted by atomic mass is 10.4. The maximum absolute atomic E-state index is 6.00. The van der Waals surface area contributed by atoms with Gasteiger partial charge in [0.25, 0.3) is 0 Å². The molecule has 3 nitrogen and oxygen atoms in total. The molecule has 3 rings (SSSR count). The van der Waals surface area contributed by atoms with Gasteiger partial charge in [-0.05, 0) is 30.3 Å². The smallest absolute Gasteiger partial charge is 0.138 e.